The SMILES string of the molecule is CC1(C)c2ccccc2-c2cccc(-c3cc(-c4ccc(-c5ccc6c(c5)c5ccccc5n6-c5ccccc5)c5ccccc45)nc(-c4ccccc4)n3)c21. The van der Waals surface area contributed by atoms with Gasteiger partial charge in [0.25, 0.3) is 0 Å². The van der Waals surface area contributed by atoms with Gasteiger partial charge in [0, 0.05) is 38.6 Å². The van der Waals surface area contributed by atoms with Crippen molar-refractivity contribution in [3.63, 3.8) is 0 Å². The van der Waals surface area contributed by atoms with Crippen molar-refractivity contribution in [3.8, 4) is 61.8 Å². The summed E-state index contributed by atoms with van der Waals surface area (Å²) in [6.45, 7) is 4.68. The van der Waals surface area contributed by atoms with Crippen molar-refractivity contribution in [2.24, 2.45) is 0 Å². The van der Waals surface area contributed by atoms with Crippen LogP contribution in [0, 0.1) is 0 Å². The van der Waals surface area contributed by atoms with Crippen LogP contribution in [-0.4, -0.2) is 14.5 Å². The molecule has 1 aliphatic rings. The molecule has 0 spiro atoms. The van der Waals surface area contributed by atoms with Gasteiger partial charge < -0.3 is 4.57 Å². The van der Waals surface area contributed by atoms with E-state index in [0.29, 0.717) is 0 Å². The summed E-state index contributed by atoms with van der Waals surface area (Å²) in [5.41, 5.74) is 16.1. The van der Waals surface area contributed by atoms with Crippen molar-refractivity contribution in [2.75, 3.05) is 0 Å². The number of hydrogen-bond donors (Lipinski definition) is 0. The summed E-state index contributed by atoms with van der Waals surface area (Å²) < 4.78 is 2.37. The number of rotatable bonds is 5. The first kappa shape index (κ1) is 32.3. The summed E-state index contributed by atoms with van der Waals surface area (Å²) in [6.07, 6.45) is 0. The minimum absolute atomic E-state index is 0.177. The molecule has 1 aliphatic carbocycles. The smallest absolute Gasteiger partial charge is 0.160 e. The van der Waals surface area contributed by atoms with Crippen LogP contribution in [0.25, 0.3) is 94.4 Å². The lowest BCUT2D eigenvalue weighted by molar-refractivity contribution is 0.662. The maximum Gasteiger partial charge on any atom is 0.160 e. The molecule has 0 N–H and O–H groups in total. The summed E-state index contributed by atoms with van der Waals surface area (Å²) in [5, 5.41) is 4.83. The third kappa shape index (κ3) is 4.91. The highest BCUT2D eigenvalue weighted by atomic mass is 15.0. The van der Waals surface area contributed by atoms with Gasteiger partial charge >= 0.3 is 0 Å². The number of para-hydroxylation sites is 2. The van der Waals surface area contributed by atoms with E-state index in [9.17, 15) is 0 Å². The highest BCUT2D eigenvalue weighted by Crippen LogP contribution is 2.52. The van der Waals surface area contributed by atoms with Crippen LogP contribution in [-0.2, 0) is 5.41 Å². The van der Waals surface area contributed by atoms with Gasteiger partial charge in [0.05, 0.1) is 22.4 Å². The zero-order valence-electron chi connectivity index (χ0n) is 31.2. The molecule has 10 aromatic rings. The fraction of sp³-hybridized carbons (Fsp3) is 0.0566. The van der Waals surface area contributed by atoms with Gasteiger partial charge in [-0.15, -0.1) is 0 Å². The van der Waals surface area contributed by atoms with Crippen LogP contribution in [0.5, 0.6) is 0 Å². The quantitative estimate of drug-likeness (QED) is 0.178. The third-order valence-electron chi connectivity index (χ3n) is 11.8. The summed E-state index contributed by atoms with van der Waals surface area (Å²) in [5.74, 6) is 0.720. The van der Waals surface area contributed by atoms with Crippen LogP contribution >= 0.6 is 0 Å². The first-order chi connectivity index (χ1) is 27.5. The van der Waals surface area contributed by atoms with E-state index in [1.807, 2.05) is 6.07 Å². The van der Waals surface area contributed by atoms with Crippen LogP contribution < -0.4 is 0 Å². The van der Waals surface area contributed by atoms with Crippen molar-refractivity contribution in [3.05, 3.63) is 199 Å². The van der Waals surface area contributed by atoms with E-state index >= 15 is 0 Å². The Morgan fingerprint density at radius 2 is 0.982 bits per heavy atom. The Hall–Kier alpha value is -7.10. The Labute approximate surface area is 326 Å². The van der Waals surface area contributed by atoms with Crippen molar-refractivity contribution >= 4 is 32.6 Å². The van der Waals surface area contributed by atoms with Gasteiger partial charge in [0.1, 0.15) is 0 Å². The molecule has 0 radical (unpaired) electrons. The topological polar surface area (TPSA) is 30.7 Å². The lowest BCUT2D eigenvalue weighted by Crippen LogP contribution is -2.16. The number of benzene rings is 8. The second-order valence-electron chi connectivity index (χ2n) is 15.4. The van der Waals surface area contributed by atoms with Crippen molar-refractivity contribution in [2.45, 2.75) is 19.3 Å². The van der Waals surface area contributed by atoms with Crippen LogP contribution in [0.15, 0.2) is 188 Å². The molecule has 56 heavy (non-hydrogen) atoms. The van der Waals surface area contributed by atoms with Crippen LogP contribution in [0.2, 0.25) is 0 Å². The highest BCUT2D eigenvalue weighted by Gasteiger charge is 2.37. The highest BCUT2D eigenvalue weighted by molar-refractivity contribution is 6.12. The number of fused-ring (bicyclic) bond motifs is 7. The first-order valence-corrected chi connectivity index (χ1v) is 19.3. The van der Waals surface area contributed by atoms with Gasteiger partial charge in [-0.3, -0.25) is 0 Å². The summed E-state index contributed by atoms with van der Waals surface area (Å²) in [4.78, 5) is 10.6. The number of nitrogens with zero attached hydrogens (tertiary/aromatic N) is 3. The molecule has 0 aliphatic heterocycles. The molecule has 0 saturated heterocycles. The fourth-order valence-electron chi connectivity index (χ4n) is 9.27. The minimum Gasteiger partial charge on any atom is -0.309 e. The van der Waals surface area contributed by atoms with Gasteiger partial charge in [0.2, 0.25) is 0 Å². The van der Waals surface area contributed by atoms with Gasteiger partial charge in [-0.2, -0.15) is 0 Å². The molecule has 264 valence electrons. The second kappa shape index (κ2) is 12.5. The third-order valence-corrected chi connectivity index (χ3v) is 11.8. The predicted molar refractivity (Wildman–Crippen MR) is 233 cm³/mol. The van der Waals surface area contributed by atoms with Gasteiger partial charge in [0.15, 0.2) is 5.82 Å². The average molecular weight is 716 g/mol. The zero-order chi connectivity index (χ0) is 37.4. The minimum atomic E-state index is -0.177. The fourth-order valence-corrected chi connectivity index (χ4v) is 9.27. The van der Waals surface area contributed by atoms with E-state index in [2.05, 4.69) is 200 Å². The van der Waals surface area contributed by atoms with Gasteiger partial charge in [-0.1, -0.05) is 166 Å². The predicted octanol–water partition coefficient (Wildman–Crippen LogP) is 13.7. The van der Waals surface area contributed by atoms with Crippen LogP contribution in [0.4, 0.5) is 0 Å². The van der Waals surface area contributed by atoms with E-state index in [1.165, 1.54) is 60.6 Å². The van der Waals surface area contributed by atoms with Crippen molar-refractivity contribution in [1.82, 2.24) is 14.5 Å². The molecular weight excluding hydrogens is 679 g/mol. The van der Waals surface area contributed by atoms with Crippen molar-refractivity contribution < 1.29 is 0 Å². The Balaban J connectivity index is 1.10. The zero-order valence-corrected chi connectivity index (χ0v) is 31.2. The van der Waals surface area contributed by atoms with E-state index in [0.717, 1.165) is 45.0 Å². The molecule has 2 heterocycles. The molecule has 0 bridgehead atoms. The average Bonchev–Trinajstić information content (AvgIpc) is 3.72. The van der Waals surface area contributed by atoms with Crippen LogP contribution in [0.1, 0.15) is 25.0 Å². The lowest BCUT2D eigenvalue weighted by Gasteiger charge is -2.24. The largest absolute Gasteiger partial charge is 0.309 e. The Kier molecular flexibility index (Phi) is 7.20. The molecule has 3 nitrogen and oxygen atoms in total. The molecule has 0 fully saturated rings. The van der Waals surface area contributed by atoms with Crippen molar-refractivity contribution in [1.29, 1.82) is 0 Å². The van der Waals surface area contributed by atoms with E-state index in [-0.39, 0.29) is 5.41 Å². The molecule has 0 unspecified atom stereocenters. The number of aromatic nitrogens is 3. The summed E-state index contributed by atoms with van der Waals surface area (Å²) in [7, 11) is 0. The van der Waals surface area contributed by atoms with Crippen LogP contribution in [0.3, 0.4) is 0 Å². The summed E-state index contributed by atoms with van der Waals surface area (Å²) >= 11 is 0. The molecule has 11 rings (SSSR count). The molecular formula is C53H37N3. The maximum atomic E-state index is 5.32. The van der Waals surface area contributed by atoms with E-state index in [1.54, 1.807) is 0 Å². The van der Waals surface area contributed by atoms with E-state index < -0.39 is 0 Å². The molecule has 3 heteroatoms. The Morgan fingerprint density at radius 1 is 0.393 bits per heavy atom. The molecule has 0 amide bonds. The molecule has 2 aromatic heterocycles. The lowest BCUT2D eigenvalue weighted by atomic mass is 9.79. The first-order valence-electron chi connectivity index (χ1n) is 19.3. The number of hydrogen-bond acceptors (Lipinski definition) is 2. The molecule has 0 saturated carbocycles. The van der Waals surface area contributed by atoms with Gasteiger partial charge in [-0.25, -0.2) is 9.97 Å². The second-order valence-corrected chi connectivity index (χ2v) is 15.4. The van der Waals surface area contributed by atoms with Gasteiger partial charge in [-0.05, 0) is 80.6 Å². The molecule has 8 aromatic carbocycles. The monoisotopic (exact) mass is 715 g/mol. The summed E-state index contributed by atoms with van der Waals surface area (Å²) in [6, 6.07) is 67.6. The Morgan fingerprint density at radius 3 is 1.79 bits per heavy atom. The normalized spacial score (nSPS) is 13.0. The Bertz CT molecular complexity index is 3150. The molecule has 0 atom stereocenters. The maximum absolute atomic E-state index is 5.32. The standard InChI is InChI=1S/C53H37N3/c1-53(2)46-26-13-11-22-40(46)43-24-15-25-44(51(43)53)48-33-47(54-52(55-48)34-16-5-3-6-17-34)41-30-29-37(38-20-9-10-21-39(38)41)35-28-31-50-45(32-35)42-23-12-14-27-49(42)56(50)36-18-7-4-8-19-36/h3-33H,1-2H3. The van der Waals surface area contributed by atoms with E-state index in [4.69, 9.17) is 9.97 Å².